The van der Waals surface area contributed by atoms with Crippen LogP contribution < -0.4 is 18.9 Å². The highest BCUT2D eigenvalue weighted by molar-refractivity contribution is 7.90. The highest BCUT2D eigenvalue weighted by Crippen LogP contribution is 2.36. The number of hydrogen-bond acceptors (Lipinski definition) is 9. The molecule has 0 radical (unpaired) electrons. The normalized spacial score (nSPS) is 12.7. The lowest BCUT2D eigenvalue weighted by atomic mass is 10.2. The molecule has 1 aliphatic heterocycles. The topological polar surface area (TPSA) is 111 Å². The molecule has 0 amide bonds. The highest BCUT2D eigenvalue weighted by Gasteiger charge is 2.27. The fourth-order valence-corrected chi connectivity index (χ4v) is 4.01. The third-order valence-corrected chi connectivity index (χ3v) is 5.87. The summed E-state index contributed by atoms with van der Waals surface area (Å²) >= 11 is 0. The van der Waals surface area contributed by atoms with Gasteiger partial charge in [-0.1, -0.05) is 5.10 Å². The zero-order chi connectivity index (χ0) is 21.1. The molecule has 1 aromatic heterocycles. The van der Waals surface area contributed by atoms with Crippen molar-refractivity contribution in [3.63, 3.8) is 0 Å². The van der Waals surface area contributed by atoms with E-state index in [1.807, 2.05) is 0 Å². The lowest BCUT2D eigenvalue weighted by molar-refractivity contribution is 0.141. The van der Waals surface area contributed by atoms with Crippen molar-refractivity contribution in [2.24, 2.45) is 0 Å². The predicted octanol–water partition coefficient (Wildman–Crippen LogP) is 1.94. The Morgan fingerprint density at radius 3 is 2.53 bits per heavy atom. The van der Waals surface area contributed by atoms with Crippen molar-refractivity contribution < 1.29 is 32.1 Å². The minimum atomic E-state index is -4.06. The third kappa shape index (κ3) is 3.76. The van der Waals surface area contributed by atoms with Crippen LogP contribution in [0.3, 0.4) is 0 Å². The van der Waals surface area contributed by atoms with E-state index in [1.165, 1.54) is 26.4 Å². The van der Waals surface area contributed by atoms with Gasteiger partial charge in [-0.2, -0.15) is 13.4 Å². The van der Waals surface area contributed by atoms with Gasteiger partial charge in [0.25, 0.3) is 10.0 Å². The lowest BCUT2D eigenvalue weighted by Crippen LogP contribution is -2.16. The number of rotatable bonds is 8. The molecule has 2 heterocycles. The second kappa shape index (κ2) is 8.20. The summed E-state index contributed by atoms with van der Waals surface area (Å²) in [7, 11) is -1.03. The van der Waals surface area contributed by atoms with Gasteiger partial charge in [0.2, 0.25) is 6.79 Å². The van der Waals surface area contributed by atoms with E-state index in [1.54, 1.807) is 30.3 Å². The molecule has 4 rings (SSSR count). The van der Waals surface area contributed by atoms with Gasteiger partial charge in [-0.25, -0.2) is 0 Å². The summed E-state index contributed by atoms with van der Waals surface area (Å²) in [5, 5.41) is 4.08. The SMILES string of the molecule is COCCOc1nc(-c2ccc3c(c2)OCO3)n(S(=O)(=O)c2ccc(OC)cc2)n1. The monoisotopic (exact) mass is 433 g/mol. The summed E-state index contributed by atoms with van der Waals surface area (Å²) in [5.74, 6) is 1.67. The van der Waals surface area contributed by atoms with E-state index in [-0.39, 0.29) is 30.1 Å². The molecule has 3 aromatic rings. The van der Waals surface area contributed by atoms with E-state index in [4.69, 9.17) is 23.7 Å². The largest absolute Gasteiger partial charge is 0.497 e. The molecule has 0 saturated carbocycles. The van der Waals surface area contributed by atoms with Crippen LogP contribution in [0.1, 0.15) is 0 Å². The van der Waals surface area contributed by atoms with Crippen LogP contribution in [0, 0.1) is 0 Å². The first-order chi connectivity index (χ1) is 14.5. The van der Waals surface area contributed by atoms with Gasteiger partial charge in [-0.3, -0.25) is 0 Å². The molecule has 0 unspecified atom stereocenters. The summed E-state index contributed by atoms with van der Waals surface area (Å²) in [6.45, 7) is 0.573. The molecule has 0 atom stereocenters. The number of nitrogens with zero attached hydrogens (tertiary/aromatic N) is 3. The molecule has 0 N–H and O–H groups in total. The Bertz CT molecular complexity index is 1140. The maximum Gasteiger partial charge on any atom is 0.337 e. The Labute approximate surface area is 173 Å². The van der Waals surface area contributed by atoms with Crippen molar-refractivity contribution in [1.29, 1.82) is 0 Å². The zero-order valence-electron chi connectivity index (χ0n) is 16.3. The zero-order valence-corrected chi connectivity index (χ0v) is 17.1. The summed E-state index contributed by atoms with van der Waals surface area (Å²) in [4.78, 5) is 4.30. The predicted molar refractivity (Wildman–Crippen MR) is 105 cm³/mol. The van der Waals surface area contributed by atoms with Gasteiger partial charge in [0.05, 0.1) is 18.6 Å². The van der Waals surface area contributed by atoms with Crippen molar-refractivity contribution in [3.8, 4) is 34.6 Å². The molecule has 2 aromatic carbocycles. The summed E-state index contributed by atoms with van der Waals surface area (Å²) in [6.07, 6.45) is 0. The number of ether oxygens (including phenoxy) is 5. The molecule has 11 heteroatoms. The van der Waals surface area contributed by atoms with Crippen LogP contribution in [0.15, 0.2) is 47.4 Å². The van der Waals surface area contributed by atoms with Gasteiger partial charge in [0.1, 0.15) is 12.4 Å². The molecular weight excluding hydrogens is 414 g/mol. The molecule has 0 saturated heterocycles. The molecule has 0 bridgehead atoms. The molecule has 30 heavy (non-hydrogen) atoms. The summed E-state index contributed by atoms with van der Waals surface area (Å²) in [5.41, 5.74) is 0.477. The van der Waals surface area contributed by atoms with Gasteiger partial charge in [-0.15, -0.1) is 4.09 Å². The second-order valence-electron chi connectivity index (χ2n) is 6.15. The van der Waals surface area contributed by atoms with Gasteiger partial charge < -0.3 is 23.7 Å². The van der Waals surface area contributed by atoms with E-state index >= 15 is 0 Å². The second-order valence-corrected chi connectivity index (χ2v) is 7.92. The maximum absolute atomic E-state index is 13.3. The van der Waals surface area contributed by atoms with Crippen LogP contribution in [-0.2, 0) is 14.8 Å². The van der Waals surface area contributed by atoms with Crippen molar-refractivity contribution in [2.45, 2.75) is 4.90 Å². The van der Waals surface area contributed by atoms with Crippen LogP contribution in [0.2, 0.25) is 0 Å². The molecule has 10 nitrogen and oxygen atoms in total. The minimum Gasteiger partial charge on any atom is -0.497 e. The Morgan fingerprint density at radius 1 is 1.03 bits per heavy atom. The average Bonchev–Trinajstić information content (AvgIpc) is 3.41. The Balaban J connectivity index is 1.78. The average molecular weight is 433 g/mol. The first-order valence-corrected chi connectivity index (χ1v) is 10.4. The fraction of sp³-hybridized carbons (Fsp3) is 0.263. The number of benzene rings is 2. The highest BCUT2D eigenvalue weighted by atomic mass is 32.2. The number of fused-ring (bicyclic) bond motifs is 1. The van der Waals surface area contributed by atoms with Crippen LogP contribution in [0.25, 0.3) is 11.4 Å². The quantitative estimate of drug-likeness (QED) is 0.492. The first kappa shape index (κ1) is 20.0. The first-order valence-electron chi connectivity index (χ1n) is 8.91. The van der Waals surface area contributed by atoms with Gasteiger partial charge >= 0.3 is 6.01 Å². The van der Waals surface area contributed by atoms with E-state index in [2.05, 4.69) is 10.1 Å². The van der Waals surface area contributed by atoms with Crippen molar-refractivity contribution >= 4 is 10.0 Å². The summed E-state index contributed by atoms with van der Waals surface area (Å²) < 4.78 is 53.6. The molecule has 158 valence electrons. The van der Waals surface area contributed by atoms with Crippen molar-refractivity contribution in [1.82, 2.24) is 14.2 Å². The van der Waals surface area contributed by atoms with Crippen LogP contribution in [0.4, 0.5) is 0 Å². The van der Waals surface area contributed by atoms with Crippen LogP contribution in [-0.4, -0.2) is 56.8 Å². The van der Waals surface area contributed by atoms with Crippen molar-refractivity contribution in [2.75, 3.05) is 34.2 Å². The third-order valence-electron chi connectivity index (χ3n) is 4.29. The standard InChI is InChI=1S/C19H19N3O7S/c1-25-9-10-27-19-20-18(13-3-8-16-17(11-13)29-12-28-16)22(21-19)30(23,24)15-6-4-14(26-2)5-7-15/h3-8,11H,9-10,12H2,1-2H3. The van der Waals surface area contributed by atoms with Crippen LogP contribution in [0.5, 0.6) is 23.3 Å². The van der Waals surface area contributed by atoms with Crippen molar-refractivity contribution in [3.05, 3.63) is 42.5 Å². The molecule has 0 spiro atoms. The van der Waals surface area contributed by atoms with E-state index in [0.717, 1.165) is 4.09 Å². The van der Waals surface area contributed by atoms with E-state index in [0.29, 0.717) is 29.4 Å². The van der Waals surface area contributed by atoms with Crippen LogP contribution >= 0.6 is 0 Å². The minimum absolute atomic E-state index is 0.0265. The Hall–Kier alpha value is -3.31. The smallest absolute Gasteiger partial charge is 0.337 e. The van der Waals surface area contributed by atoms with E-state index < -0.39 is 10.0 Å². The summed E-state index contributed by atoms with van der Waals surface area (Å²) in [6, 6.07) is 10.9. The molecular formula is C19H19N3O7S. The number of methoxy groups -OCH3 is 2. The van der Waals surface area contributed by atoms with Gasteiger partial charge in [-0.05, 0) is 42.5 Å². The number of hydrogen-bond donors (Lipinski definition) is 0. The Morgan fingerprint density at radius 2 is 1.80 bits per heavy atom. The molecule has 1 aliphatic rings. The maximum atomic E-state index is 13.3. The lowest BCUT2D eigenvalue weighted by Gasteiger charge is -2.08. The molecule has 0 fully saturated rings. The Kier molecular flexibility index (Phi) is 5.46. The van der Waals surface area contributed by atoms with Gasteiger partial charge in [0, 0.05) is 12.7 Å². The number of aromatic nitrogens is 3. The van der Waals surface area contributed by atoms with E-state index in [9.17, 15) is 8.42 Å². The van der Waals surface area contributed by atoms with Gasteiger partial charge in [0.15, 0.2) is 17.3 Å². The molecule has 0 aliphatic carbocycles. The fourth-order valence-electron chi connectivity index (χ4n) is 2.78.